The molecule has 2 N–H and O–H groups in total. The molecule has 0 aliphatic heterocycles. The summed E-state index contributed by atoms with van der Waals surface area (Å²) in [6, 6.07) is 23.9. The Morgan fingerprint density at radius 2 is 1.30 bits per heavy atom. The number of anilines is 2. The van der Waals surface area contributed by atoms with Gasteiger partial charge < -0.3 is 20.1 Å². The zero-order valence-electron chi connectivity index (χ0n) is 16.8. The lowest BCUT2D eigenvalue weighted by Gasteiger charge is -2.09. The molecule has 0 heterocycles. The molecule has 0 aliphatic rings. The Morgan fingerprint density at radius 1 is 0.733 bits per heavy atom. The highest BCUT2D eigenvalue weighted by atomic mass is 16.5. The van der Waals surface area contributed by atoms with Gasteiger partial charge in [-0.25, -0.2) is 0 Å². The van der Waals surface area contributed by atoms with Crippen molar-refractivity contribution in [3.05, 3.63) is 84.4 Å². The molecule has 0 atom stereocenters. The fourth-order valence-electron chi connectivity index (χ4n) is 2.78. The van der Waals surface area contributed by atoms with Gasteiger partial charge in [-0.15, -0.1) is 0 Å². The Bertz CT molecular complexity index is 955. The van der Waals surface area contributed by atoms with Crippen molar-refractivity contribution in [1.82, 2.24) is 0 Å². The van der Waals surface area contributed by atoms with Crippen LogP contribution in [0, 0.1) is 0 Å². The molecule has 2 amide bonds. The first-order chi connectivity index (χ1) is 14.6. The molecule has 0 bridgehead atoms. The van der Waals surface area contributed by atoms with Crippen LogP contribution in [0.5, 0.6) is 11.5 Å². The van der Waals surface area contributed by atoms with Crippen molar-refractivity contribution in [2.24, 2.45) is 0 Å². The number of methoxy groups -OCH3 is 1. The Hall–Kier alpha value is -3.80. The average Bonchev–Trinajstić information content (AvgIpc) is 2.79. The molecule has 3 rings (SSSR count). The van der Waals surface area contributed by atoms with Gasteiger partial charge in [0.15, 0.2) is 6.61 Å². The third-order valence-electron chi connectivity index (χ3n) is 4.37. The Morgan fingerprint density at radius 3 is 1.90 bits per heavy atom. The average molecular weight is 404 g/mol. The first-order valence-corrected chi connectivity index (χ1v) is 9.63. The van der Waals surface area contributed by atoms with Gasteiger partial charge in [0.25, 0.3) is 5.91 Å². The monoisotopic (exact) mass is 404 g/mol. The predicted molar refractivity (Wildman–Crippen MR) is 117 cm³/mol. The lowest BCUT2D eigenvalue weighted by Crippen LogP contribution is -2.20. The summed E-state index contributed by atoms with van der Waals surface area (Å²) in [5, 5.41) is 5.62. The molecule has 30 heavy (non-hydrogen) atoms. The lowest BCUT2D eigenvalue weighted by atomic mass is 10.1. The fourth-order valence-corrected chi connectivity index (χ4v) is 2.78. The molecule has 0 fully saturated rings. The number of rotatable bonds is 9. The summed E-state index contributed by atoms with van der Waals surface area (Å²) in [5.41, 5.74) is 2.43. The van der Waals surface area contributed by atoms with E-state index in [0.717, 1.165) is 11.3 Å². The van der Waals surface area contributed by atoms with E-state index in [0.29, 0.717) is 30.0 Å². The number of nitrogens with one attached hydrogen (secondary N) is 2. The van der Waals surface area contributed by atoms with E-state index >= 15 is 0 Å². The number of hydrogen-bond donors (Lipinski definition) is 2. The number of carbonyl (C=O) groups excluding carboxylic acids is 2. The predicted octanol–water partition coefficient (Wildman–Crippen LogP) is 4.28. The van der Waals surface area contributed by atoms with Gasteiger partial charge in [0.2, 0.25) is 5.91 Å². The van der Waals surface area contributed by atoms with Gasteiger partial charge in [-0.1, -0.05) is 30.3 Å². The first kappa shape index (κ1) is 20.9. The Kier molecular flexibility index (Phi) is 7.44. The fraction of sp³-hybridized carbons (Fsp3) is 0.167. The van der Waals surface area contributed by atoms with Crippen molar-refractivity contribution in [1.29, 1.82) is 0 Å². The van der Waals surface area contributed by atoms with E-state index in [9.17, 15) is 9.59 Å². The molecule has 0 saturated heterocycles. The van der Waals surface area contributed by atoms with Crippen LogP contribution in [0.2, 0.25) is 0 Å². The number of hydrogen-bond acceptors (Lipinski definition) is 4. The van der Waals surface area contributed by atoms with Crippen LogP contribution >= 0.6 is 0 Å². The van der Waals surface area contributed by atoms with Gasteiger partial charge in [-0.3, -0.25) is 9.59 Å². The standard InChI is InChI=1S/C24H24N2O4/c1-29-21-12-14-22(15-13-21)30-17-24(28)26-20-10-8-19(9-11-20)25-23(27)16-7-18-5-3-2-4-6-18/h2-6,8-15H,7,16-17H2,1H3,(H,25,27)(H,26,28). The number of carbonyl (C=O) groups is 2. The normalized spacial score (nSPS) is 10.2. The van der Waals surface area contributed by atoms with E-state index in [1.807, 2.05) is 30.3 Å². The number of aryl methyl sites for hydroxylation is 1. The summed E-state index contributed by atoms with van der Waals surface area (Å²) in [7, 11) is 1.59. The van der Waals surface area contributed by atoms with E-state index in [4.69, 9.17) is 9.47 Å². The van der Waals surface area contributed by atoms with Crippen molar-refractivity contribution >= 4 is 23.2 Å². The van der Waals surface area contributed by atoms with Crippen molar-refractivity contribution in [3.8, 4) is 11.5 Å². The maximum absolute atomic E-state index is 12.1. The second-order valence-electron chi connectivity index (χ2n) is 6.62. The highest BCUT2D eigenvalue weighted by molar-refractivity contribution is 5.93. The van der Waals surface area contributed by atoms with Gasteiger partial charge >= 0.3 is 0 Å². The molecule has 6 nitrogen and oxygen atoms in total. The Labute approximate surface area is 175 Å². The molecule has 154 valence electrons. The van der Waals surface area contributed by atoms with E-state index in [1.165, 1.54) is 0 Å². The summed E-state index contributed by atoms with van der Waals surface area (Å²) >= 11 is 0. The second kappa shape index (κ2) is 10.7. The summed E-state index contributed by atoms with van der Waals surface area (Å²) in [6.45, 7) is -0.107. The summed E-state index contributed by atoms with van der Waals surface area (Å²) < 4.78 is 10.5. The summed E-state index contributed by atoms with van der Waals surface area (Å²) in [4.78, 5) is 24.2. The lowest BCUT2D eigenvalue weighted by molar-refractivity contribution is -0.118. The number of ether oxygens (including phenoxy) is 2. The van der Waals surface area contributed by atoms with Crippen molar-refractivity contribution in [2.45, 2.75) is 12.8 Å². The minimum Gasteiger partial charge on any atom is -0.497 e. The van der Waals surface area contributed by atoms with E-state index < -0.39 is 0 Å². The quantitative estimate of drug-likeness (QED) is 0.558. The van der Waals surface area contributed by atoms with Crippen LogP contribution in [0.3, 0.4) is 0 Å². The van der Waals surface area contributed by atoms with Gasteiger partial charge in [0.1, 0.15) is 11.5 Å². The molecule has 0 aliphatic carbocycles. The smallest absolute Gasteiger partial charge is 0.262 e. The molecule has 0 spiro atoms. The van der Waals surface area contributed by atoms with Gasteiger partial charge in [-0.05, 0) is 60.5 Å². The van der Waals surface area contributed by atoms with Crippen LogP contribution in [0.15, 0.2) is 78.9 Å². The zero-order chi connectivity index (χ0) is 21.2. The molecule has 0 radical (unpaired) electrons. The van der Waals surface area contributed by atoms with Crippen molar-refractivity contribution < 1.29 is 19.1 Å². The molecule has 3 aromatic rings. The SMILES string of the molecule is COc1ccc(OCC(=O)Nc2ccc(NC(=O)CCc3ccccc3)cc2)cc1. The highest BCUT2D eigenvalue weighted by Gasteiger charge is 2.06. The Balaban J connectivity index is 1.41. The van der Waals surface area contributed by atoms with Crippen LogP contribution in [0.4, 0.5) is 11.4 Å². The van der Waals surface area contributed by atoms with Crippen molar-refractivity contribution in [2.75, 3.05) is 24.4 Å². The topological polar surface area (TPSA) is 76.7 Å². The van der Waals surface area contributed by atoms with Crippen LogP contribution in [0.1, 0.15) is 12.0 Å². The third-order valence-corrected chi connectivity index (χ3v) is 4.37. The first-order valence-electron chi connectivity index (χ1n) is 9.63. The second-order valence-corrected chi connectivity index (χ2v) is 6.62. The van der Waals surface area contributed by atoms with E-state index in [-0.39, 0.29) is 18.4 Å². The van der Waals surface area contributed by atoms with Gasteiger partial charge in [0.05, 0.1) is 7.11 Å². The molecule has 0 saturated carbocycles. The molecular weight excluding hydrogens is 380 g/mol. The van der Waals surface area contributed by atoms with Crippen LogP contribution < -0.4 is 20.1 Å². The zero-order valence-corrected chi connectivity index (χ0v) is 16.8. The molecule has 0 aromatic heterocycles. The van der Waals surface area contributed by atoms with Gasteiger partial charge in [0, 0.05) is 17.8 Å². The number of benzene rings is 3. The minimum atomic E-state index is -0.273. The molecule has 0 unspecified atom stereocenters. The van der Waals surface area contributed by atoms with Crippen molar-refractivity contribution in [3.63, 3.8) is 0 Å². The minimum absolute atomic E-state index is 0.0523. The highest BCUT2D eigenvalue weighted by Crippen LogP contribution is 2.17. The maximum Gasteiger partial charge on any atom is 0.262 e. The largest absolute Gasteiger partial charge is 0.497 e. The van der Waals surface area contributed by atoms with Crippen LogP contribution in [-0.4, -0.2) is 25.5 Å². The van der Waals surface area contributed by atoms with Gasteiger partial charge in [-0.2, -0.15) is 0 Å². The van der Waals surface area contributed by atoms with E-state index in [1.54, 1.807) is 55.6 Å². The number of amides is 2. The molecule has 3 aromatic carbocycles. The van der Waals surface area contributed by atoms with Crippen LogP contribution in [-0.2, 0) is 16.0 Å². The van der Waals surface area contributed by atoms with Crippen LogP contribution in [0.25, 0.3) is 0 Å². The van der Waals surface area contributed by atoms with E-state index in [2.05, 4.69) is 10.6 Å². The third kappa shape index (κ3) is 6.67. The summed E-state index contributed by atoms with van der Waals surface area (Å²) in [5.74, 6) is 0.979. The molecule has 6 heteroatoms. The maximum atomic E-state index is 12.1. The molecular formula is C24H24N2O4. The summed E-state index contributed by atoms with van der Waals surface area (Å²) in [6.07, 6.45) is 1.10.